The van der Waals surface area contributed by atoms with Crippen LogP contribution in [0.3, 0.4) is 0 Å². The fourth-order valence-corrected chi connectivity index (χ4v) is 3.66. The number of carbonyl (C=O) groups excluding carboxylic acids is 1. The first kappa shape index (κ1) is 17.4. The molecule has 1 aliphatic carbocycles. The number of fused-ring (bicyclic) bond motifs is 1. The highest BCUT2D eigenvalue weighted by Gasteiger charge is 2.44. The molecule has 2 atom stereocenters. The fraction of sp³-hybridized carbons (Fsp3) is 0.650. The summed E-state index contributed by atoms with van der Waals surface area (Å²) in [6.45, 7) is 8.72. The Morgan fingerprint density at radius 1 is 1.17 bits per heavy atom. The van der Waals surface area contributed by atoms with Crippen molar-refractivity contribution in [2.75, 3.05) is 45.9 Å². The molecule has 0 unspecified atom stereocenters. The van der Waals surface area contributed by atoms with Crippen molar-refractivity contribution in [3.63, 3.8) is 0 Å². The summed E-state index contributed by atoms with van der Waals surface area (Å²) in [6.07, 6.45) is 3.82. The number of likely N-dealkylation sites (tertiary alicyclic amines) is 1. The van der Waals surface area contributed by atoms with Crippen molar-refractivity contribution >= 4 is 5.91 Å². The number of hydrogen-bond acceptors (Lipinski definition) is 3. The molecule has 0 aromatic heterocycles. The smallest absolute Gasteiger partial charge is 0.253 e. The molecule has 0 spiro atoms. The minimum Gasteiger partial charge on any atom is -0.380 e. The zero-order valence-electron chi connectivity index (χ0n) is 14.8. The molecule has 1 aliphatic heterocycles. The van der Waals surface area contributed by atoms with Gasteiger partial charge in [-0.25, -0.2) is 0 Å². The third kappa shape index (κ3) is 4.81. The van der Waals surface area contributed by atoms with Crippen molar-refractivity contribution in [2.24, 2.45) is 11.8 Å². The molecule has 4 nitrogen and oxygen atoms in total. The third-order valence-electron chi connectivity index (χ3n) is 5.26. The Balaban J connectivity index is 1.24. The lowest BCUT2D eigenvalue weighted by atomic mass is 10.2. The maximum atomic E-state index is 12.4. The first-order valence-corrected chi connectivity index (χ1v) is 9.42. The summed E-state index contributed by atoms with van der Waals surface area (Å²) in [5, 5.41) is 0. The normalized spacial score (nSPS) is 22.4. The van der Waals surface area contributed by atoms with Crippen molar-refractivity contribution in [1.29, 1.82) is 0 Å². The predicted molar refractivity (Wildman–Crippen MR) is 96.1 cm³/mol. The van der Waals surface area contributed by atoms with Gasteiger partial charge in [-0.1, -0.05) is 18.2 Å². The Morgan fingerprint density at radius 2 is 1.92 bits per heavy atom. The predicted octanol–water partition coefficient (Wildman–Crippen LogP) is 2.90. The molecule has 1 saturated heterocycles. The van der Waals surface area contributed by atoms with E-state index in [1.807, 2.05) is 42.2 Å². The van der Waals surface area contributed by atoms with Crippen LogP contribution in [-0.2, 0) is 4.74 Å². The molecule has 0 N–H and O–H groups in total. The van der Waals surface area contributed by atoms with E-state index >= 15 is 0 Å². The summed E-state index contributed by atoms with van der Waals surface area (Å²) in [5.41, 5.74) is 0.753. The maximum absolute atomic E-state index is 12.4. The SMILES string of the molecule is CCN(CCOCCCCN1C[C@H]2C[C@H]2C1)C(=O)c1ccccc1. The average molecular weight is 330 g/mol. The van der Waals surface area contributed by atoms with Crippen molar-refractivity contribution in [3.8, 4) is 0 Å². The van der Waals surface area contributed by atoms with Gasteiger partial charge in [0.15, 0.2) is 0 Å². The van der Waals surface area contributed by atoms with Crippen molar-refractivity contribution < 1.29 is 9.53 Å². The molecule has 0 bridgehead atoms. The van der Waals surface area contributed by atoms with Crippen LogP contribution in [0.4, 0.5) is 0 Å². The van der Waals surface area contributed by atoms with Gasteiger partial charge in [0.25, 0.3) is 5.91 Å². The zero-order valence-corrected chi connectivity index (χ0v) is 14.8. The molecular formula is C20H30N2O2. The van der Waals surface area contributed by atoms with Crippen molar-refractivity contribution in [1.82, 2.24) is 9.80 Å². The standard InChI is InChI=1S/C20H30N2O2/c1-2-22(20(23)17-8-4-3-5-9-17)11-13-24-12-7-6-10-21-15-18-14-19(18)16-21/h3-5,8-9,18-19H,2,6-7,10-16H2,1H3/t18-,19+. The van der Waals surface area contributed by atoms with Gasteiger partial charge in [0.1, 0.15) is 0 Å². The van der Waals surface area contributed by atoms with Crippen LogP contribution in [0.2, 0.25) is 0 Å². The molecule has 1 heterocycles. The van der Waals surface area contributed by atoms with Crippen molar-refractivity contribution in [3.05, 3.63) is 35.9 Å². The van der Waals surface area contributed by atoms with Crippen LogP contribution < -0.4 is 0 Å². The zero-order chi connectivity index (χ0) is 16.8. The Morgan fingerprint density at radius 3 is 2.62 bits per heavy atom. The van der Waals surface area contributed by atoms with E-state index in [0.717, 1.165) is 30.4 Å². The molecule has 24 heavy (non-hydrogen) atoms. The lowest BCUT2D eigenvalue weighted by Gasteiger charge is -2.21. The van der Waals surface area contributed by atoms with Gasteiger partial charge >= 0.3 is 0 Å². The van der Waals surface area contributed by atoms with Crippen LogP contribution in [0, 0.1) is 11.8 Å². The van der Waals surface area contributed by atoms with Gasteiger partial charge in [0.2, 0.25) is 0 Å². The van der Waals surface area contributed by atoms with Gasteiger partial charge < -0.3 is 14.5 Å². The topological polar surface area (TPSA) is 32.8 Å². The van der Waals surface area contributed by atoms with E-state index in [0.29, 0.717) is 19.7 Å². The van der Waals surface area contributed by atoms with Gasteiger partial charge in [0.05, 0.1) is 6.61 Å². The highest BCUT2D eigenvalue weighted by molar-refractivity contribution is 5.94. The summed E-state index contributed by atoms with van der Waals surface area (Å²) >= 11 is 0. The summed E-state index contributed by atoms with van der Waals surface area (Å²) in [6, 6.07) is 9.48. The third-order valence-corrected chi connectivity index (χ3v) is 5.26. The second-order valence-corrected chi connectivity index (χ2v) is 7.09. The number of nitrogens with zero attached hydrogens (tertiary/aromatic N) is 2. The van der Waals surface area contributed by atoms with Crippen LogP contribution in [-0.4, -0.2) is 61.6 Å². The quantitative estimate of drug-likeness (QED) is 0.619. The molecule has 1 aromatic carbocycles. The molecule has 3 rings (SSSR count). The number of unbranched alkanes of at least 4 members (excludes halogenated alkanes) is 1. The Labute approximate surface area is 145 Å². The largest absolute Gasteiger partial charge is 0.380 e. The lowest BCUT2D eigenvalue weighted by Crippen LogP contribution is -2.33. The number of ether oxygens (including phenoxy) is 1. The minimum atomic E-state index is 0.0919. The van der Waals surface area contributed by atoms with E-state index in [4.69, 9.17) is 4.74 Å². The Kier molecular flexibility index (Phi) is 6.27. The molecule has 1 amide bonds. The summed E-state index contributed by atoms with van der Waals surface area (Å²) in [7, 11) is 0. The van der Waals surface area contributed by atoms with E-state index in [1.54, 1.807) is 0 Å². The van der Waals surface area contributed by atoms with Gasteiger partial charge in [-0.2, -0.15) is 0 Å². The van der Waals surface area contributed by atoms with Gasteiger partial charge in [-0.15, -0.1) is 0 Å². The molecule has 2 aliphatic rings. The molecule has 1 saturated carbocycles. The number of piperidine rings is 1. The van der Waals surface area contributed by atoms with E-state index < -0.39 is 0 Å². The van der Waals surface area contributed by atoms with E-state index in [9.17, 15) is 4.79 Å². The second kappa shape index (κ2) is 8.63. The van der Waals surface area contributed by atoms with Gasteiger partial charge in [-0.3, -0.25) is 4.79 Å². The van der Waals surface area contributed by atoms with Crippen LogP contribution >= 0.6 is 0 Å². The van der Waals surface area contributed by atoms with Crippen LogP contribution in [0.15, 0.2) is 30.3 Å². The Hall–Kier alpha value is -1.39. The first-order valence-electron chi connectivity index (χ1n) is 9.42. The summed E-state index contributed by atoms with van der Waals surface area (Å²) in [4.78, 5) is 16.8. The van der Waals surface area contributed by atoms with E-state index in [1.165, 1.54) is 32.5 Å². The van der Waals surface area contributed by atoms with E-state index in [2.05, 4.69) is 4.90 Å². The van der Waals surface area contributed by atoms with Gasteiger partial charge in [0, 0.05) is 38.3 Å². The fourth-order valence-electron chi connectivity index (χ4n) is 3.66. The molecule has 2 fully saturated rings. The monoisotopic (exact) mass is 330 g/mol. The number of carbonyl (C=O) groups is 1. The molecule has 1 aromatic rings. The number of rotatable bonds is 10. The second-order valence-electron chi connectivity index (χ2n) is 7.09. The number of hydrogen-bond donors (Lipinski definition) is 0. The van der Waals surface area contributed by atoms with Crippen LogP contribution in [0.5, 0.6) is 0 Å². The Bertz CT molecular complexity index is 510. The minimum absolute atomic E-state index is 0.0919. The number of benzene rings is 1. The summed E-state index contributed by atoms with van der Waals surface area (Å²) in [5.74, 6) is 2.15. The lowest BCUT2D eigenvalue weighted by molar-refractivity contribution is 0.0646. The molecule has 132 valence electrons. The van der Waals surface area contributed by atoms with Gasteiger partial charge in [-0.05, 0) is 56.7 Å². The number of amides is 1. The molecular weight excluding hydrogens is 300 g/mol. The molecule has 4 heteroatoms. The van der Waals surface area contributed by atoms with Crippen LogP contribution in [0.25, 0.3) is 0 Å². The molecule has 0 radical (unpaired) electrons. The summed E-state index contributed by atoms with van der Waals surface area (Å²) < 4.78 is 5.73. The van der Waals surface area contributed by atoms with Crippen LogP contribution in [0.1, 0.15) is 36.5 Å². The van der Waals surface area contributed by atoms with E-state index in [-0.39, 0.29) is 5.91 Å². The highest BCUT2D eigenvalue weighted by Crippen LogP contribution is 2.44. The highest BCUT2D eigenvalue weighted by atomic mass is 16.5. The number of likely N-dealkylation sites (N-methyl/N-ethyl adjacent to an activating group) is 1. The van der Waals surface area contributed by atoms with Crippen molar-refractivity contribution in [2.45, 2.75) is 26.2 Å². The maximum Gasteiger partial charge on any atom is 0.253 e. The average Bonchev–Trinajstić information content (AvgIpc) is 3.24. The first-order chi connectivity index (χ1) is 11.8.